The number of nitrogens with one attached hydrogen (secondary N) is 1. The summed E-state index contributed by atoms with van der Waals surface area (Å²) in [7, 11) is 0. The molecule has 0 radical (unpaired) electrons. The molecule has 0 bridgehead atoms. The molecule has 0 saturated heterocycles. The molecule has 0 aliphatic rings. The van der Waals surface area contributed by atoms with Crippen LogP contribution in [-0.2, 0) is 4.74 Å². The highest BCUT2D eigenvalue weighted by Gasteiger charge is 2.21. The van der Waals surface area contributed by atoms with E-state index in [4.69, 9.17) is 4.74 Å². The largest absolute Gasteiger partial charge is 0.456 e. The summed E-state index contributed by atoms with van der Waals surface area (Å²) in [5.74, 6) is -0.494. The summed E-state index contributed by atoms with van der Waals surface area (Å²) in [5, 5.41) is 13.9. The van der Waals surface area contributed by atoms with Crippen molar-refractivity contribution in [1.29, 1.82) is 0 Å². The van der Waals surface area contributed by atoms with E-state index in [0.717, 1.165) is 6.42 Å². The first-order valence-electron chi connectivity index (χ1n) is 6.50. The number of hydrogen-bond donors (Lipinski definition) is 1. The Morgan fingerprint density at radius 1 is 1.40 bits per heavy atom. The number of benzene rings is 1. The van der Waals surface area contributed by atoms with Crippen molar-refractivity contribution in [1.82, 2.24) is 0 Å². The Labute approximate surface area is 118 Å². The molecule has 0 unspecified atom stereocenters. The lowest BCUT2D eigenvalue weighted by atomic mass is 10.1. The number of ether oxygens (including phenoxy) is 1. The fraction of sp³-hybridized carbons (Fsp3) is 0.500. The molecule has 0 amide bonds. The monoisotopic (exact) mass is 280 g/mol. The van der Waals surface area contributed by atoms with Crippen LogP contribution >= 0.6 is 0 Å². The minimum absolute atomic E-state index is 0.0502. The molecular weight excluding hydrogens is 260 g/mol. The molecule has 1 aromatic carbocycles. The average Bonchev–Trinajstić information content (AvgIpc) is 2.33. The number of anilines is 1. The molecule has 6 nitrogen and oxygen atoms in total. The average molecular weight is 280 g/mol. The topological polar surface area (TPSA) is 81.5 Å². The molecule has 110 valence electrons. The third-order valence-electron chi connectivity index (χ3n) is 2.39. The van der Waals surface area contributed by atoms with Crippen LogP contribution in [0.1, 0.15) is 44.5 Å². The van der Waals surface area contributed by atoms with Gasteiger partial charge >= 0.3 is 5.97 Å². The van der Waals surface area contributed by atoms with Crippen LogP contribution in [0.4, 0.5) is 11.4 Å². The first-order valence-corrected chi connectivity index (χ1v) is 6.50. The van der Waals surface area contributed by atoms with E-state index < -0.39 is 16.5 Å². The second-order valence-electron chi connectivity index (χ2n) is 5.42. The van der Waals surface area contributed by atoms with Crippen molar-refractivity contribution < 1.29 is 14.5 Å². The van der Waals surface area contributed by atoms with Gasteiger partial charge in [0.1, 0.15) is 11.3 Å². The standard InChI is InChI=1S/C14H20N2O4/c1-5-8-15-11-9-10(6-7-12(11)16(18)19)13(17)20-14(2,3)4/h6-7,9,15H,5,8H2,1-4H3. The minimum atomic E-state index is -0.601. The Balaban J connectivity index is 3.05. The van der Waals surface area contributed by atoms with Crippen LogP contribution in [0.25, 0.3) is 0 Å². The Kier molecular flexibility index (Phi) is 5.07. The van der Waals surface area contributed by atoms with E-state index in [1.54, 1.807) is 20.8 Å². The van der Waals surface area contributed by atoms with E-state index in [9.17, 15) is 14.9 Å². The normalized spacial score (nSPS) is 11.0. The van der Waals surface area contributed by atoms with Gasteiger partial charge in [0.25, 0.3) is 5.69 Å². The van der Waals surface area contributed by atoms with E-state index in [-0.39, 0.29) is 5.69 Å². The third kappa shape index (κ3) is 4.53. The van der Waals surface area contributed by atoms with Gasteiger partial charge in [-0.25, -0.2) is 4.79 Å². The second-order valence-corrected chi connectivity index (χ2v) is 5.42. The molecule has 0 aromatic heterocycles. The van der Waals surface area contributed by atoms with E-state index >= 15 is 0 Å². The van der Waals surface area contributed by atoms with Crippen LogP contribution in [0.5, 0.6) is 0 Å². The Bertz CT molecular complexity index is 506. The molecule has 1 rings (SSSR count). The van der Waals surface area contributed by atoms with E-state index in [2.05, 4.69) is 5.32 Å². The molecule has 0 atom stereocenters. The number of rotatable bonds is 5. The van der Waals surface area contributed by atoms with Crippen LogP contribution in [0.15, 0.2) is 18.2 Å². The fourth-order valence-corrected chi connectivity index (χ4v) is 1.56. The van der Waals surface area contributed by atoms with Gasteiger partial charge in [-0.3, -0.25) is 10.1 Å². The smallest absolute Gasteiger partial charge is 0.338 e. The lowest BCUT2D eigenvalue weighted by Crippen LogP contribution is -2.24. The molecule has 6 heteroatoms. The number of nitro groups is 1. The molecule has 1 N–H and O–H groups in total. The van der Waals surface area contributed by atoms with Gasteiger partial charge in [-0.15, -0.1) is 0 Å². The molecule has 20 heavy (non-hydrogen) atoms. The lowest BCUT2D eigenvalue weighted by molar-refractivity contribution is -0.384. The Morgan fingerprint density at radius 2 is 2.05 bits per heavy atom. The van der Waals surface area contributed by atoms with Crippen LogP contribution in [0.2, 0.25) is 0 Å². The summed E-state index contributed by atoms with van der Waals surface area (Å²) in [6.07, 6.45) is 0.827. The highest BCUT2D eigenvalue weighted by Crippen LogP contribution is 2.26. The fourth-order valence-electron chi connectivity index (χ4n) is 1.56. The van der Waals surface area contributed by atoms with Gasteiger partial charge < -0.3 is 10.1 Å². The zero-order valence-corrected chi connectivity index (χ0v) is 12.2. The first kappa shape index (κ1) is 15.9. The Hall–Kier alpha value is -2.11. The maximum atomic E-state index is 11.9. The van der Waals surface area contributed by atoms with Crippen LogP contribution in [0, 0.1) is 10.1 Å². The molecular formula is C14H20N2O4. The van der Waals surface area contributed by atoms with Crippen molar-refractivity contribution in [2.24, 2.45) is 0 Å². The second kappa shape index (κ2) is 6.36. The van der Waals surface area contributed by atoms with Crippen LogP contribution in [-0.4, -0.2) is 23.0 Å². The quantitative estimate of drug-likeness (QED) is 0.508. The van der Waals surface area contributed by atoms with Crippen molar-refractivity contribution >= 4 is 17.3 Å². The summed E-state index contributed by atoms with van der Waals surface area (Å²) in [5.41, 5.74) is -0.0225. The molecule has 0 fully saturated rings. The van der Waals surface area contributed by atoms with Gasteiger partial charge in [-0.05, 0) is 39.3 Å². The van der Waals surface area contributed by atoms with Crippen molar-refractivity contribution in [2.75, 3.05) is 11.9 Å². The number of carbonyl (C=O) groups excluding carboxylic acids is 1. The van der Waals surface area contributed by atoms with Crippen LogP contribution < -0.4 is 5.32 Å². The van der Waals surface area contributed by atoms with Gasteiger partial charge in [-0.1, -0.05) is 6.92 Å². The van der Waals surface area contributed by atoms with E-state index in [1.165, 1.54) is 18.2 Å². The predicted octanol–water partition coefficient (Wildman–Crippen LogP) is 3.37. The summed E-state index contributed by atoms with van der Waals surface area (Å²) < 4.78 is 5.25. The predicted molar refractivity (Wildman–Crippen MR) is 77.0 cm³/mol. The van der Waals surface area contributed by atoms with E-state index in [0.29, 0.717) is 17.8 Å². The van der Waals surface area contributed by atoms with Gasteiger partial charge in [0, 0.05) is 12.6 Å². The van der Waals surface area contributed by atoms with Crippen molar-refractivity contribution in [3.05, 3.63) is 33.9 Å². The Morgan fingerprint density at radius 3 is 2.55 bits per heavy atom. The number of nitrogens with zero attached hydrogens (tertiary/aromatic N) is 1. The van der Waals surface area contributed by atoms with Gasteiger partial charge in [0.15, 0.2) is 0 Å². The van der Waals surface area contributed by atoms with E-state index in [1.807, 2.05) is 6.92 Å². The maximum Gasteiger partial charge on any atom is 0.338 e. The highest BCUT2D eigenvalue weighted by atomic mass is 16.6. The zero-order chi connectivity index (χ0) is 15.3. The zero-order valence-electron chi connectivity index (χ0n) is 12.2. The molecule has 1 aromatic rings. The number of carbonyl (C=O) groups is 1. The van der Waals surface area contributed by atoms with Crippen LogP contribution in [0.3, 0.4) is 0 Å². The maximum absolute atomic E-state index is 11.9. The number of nitro benzene ring substituents is 1. The highest BCUT2D eigenvalue weighted by molar-refractivity contribution is 5.91. The summed E-state index contributed by atoms with van der Waals surface area (Å²) in [6.45, 7) is 7.86. The minimum Gasteiger partial charge on any atom is -0.456 e. The number of esters is 1. The van der Waals surface area contributed by atoms with Gasteiger partial charge in [0.05, 0.1) is 10.5 Å². The molecule has 0 aliphatic heterocycles. The molecule has 0 aliphatic carbocycles. The summed E-state index contributed by atoms with van der Waals surface area (Å²) in [4.78, 5) is 22.4. The summed E-state index contributed by atoms with van der Waals surface area (Å²) >= 11 is 0. The summed E-state index contributed by atoms with van der Waals surface area (Å²) in [6, 6.07) is 4.18. The first-order chi connectivity index (χ1) is 9.24. The van der Waals surface area contributed by atoms with Crippen molar-refractivity contribution in [3.63, 3.8) is 0 Å². The third-order valence-corrected chi connectivity index (χ3v) is 2.39. The van der Waals surface area contributed by atoms with Gasteiger partial charge in [0.2, 0.25) is 0 Å². The molecule has 0 saturated carbocycles. The molecule has 0 heterocycles. The SMILES string of the molecule is CCCNc1cc(C(=O)OC(C)(C)C)ccc1[N+](=O)[O-]. The lowest BCUT2D eigenvalue weighted by Gasteiger charge is -2.19. The molecule has 0 spiro atoms. The van der Waals surface area contributed by atoms with Crippen molar-refractivity contribution in [2.45, 2.75) is 39.7 Å². The van der Waals surface area contributed by atoms with Gasteiger partial charge in [-0.2, -0.15) is 0 Å². The van der Waals surface area contributed by atoms with Crippen molar-refractivity contribution in [3.8, 4) is 0 Å². The number of hydrogen-bond acceptors (Lipinski definition) is 5.